The number of nitrogens with zero attached hydrogens (tertiary/aromatic N) is 3. The fourth-order valence-electron chi connectivity index (χ4n) is 3.14. The van der Waals surface area contributed by atoms with Crippen LogP contribution in [0.1, 0.15) is 18.5 Å². The molecule has 1 aliphatic rings. The molecule has 1 N–H and O–H groups in total. The third-order valence-corrected chi connectivity index (χ3v) is 5.03. The number of rotatable bonds is 5. The van der Waals surface area contributed by atoms with E-state index in [-0.39, 0.29) is 6.04 Å². The summed E-state index contributed by atoms with van der Waals surface area (Å²) in [5.74, 6) is 0.744. The summed E-state index contributed by atoms with van der Waals surface area (Å²) in [5.41, 5.74) is 1.88. The first-order valence-electron chi connectivity index (χ1n) is 8.42. The number of amides is 1. The minimum absolute atomic E-state index is 0.123. The Morgan fingerprint density at radius 3 is 2.68 bits per heavy atom. The van der Waals surface area contributed by atoms with Gasteiger partial charge < -0.3 is 19.4 Å². The number of piperidine rings is 1. The molecule has 1 aliphatic heterocycles. The molecule has 0 radical (unpaired) electrons. The lowest BCUT2D eigenvalue weighted by atomic mass is 10.0. The van der Waals surface area contributed by atoms with Crippen LogP contribution in [-0.2, 0) is 6.42 Å². The molecule has 6 nitrogen and oxygen atoms in total. The molecule has 0 bridgehead atoms. The second-order valence-corrected chi connectivity index (χ2v) is 6.84. The molecule has 0 aliphatic carbocycles. The largest absolute Gasteiger partial charge is 0.465 e. The molecule has 0 saturated carbocycles. The normalized spacial score (nSPS) is 16.1. The van der Waals surface area contributed by atoms with Gasteiger partial charge in [-0.15, -0.1) is 0 Å². The quantitative estimate of drug-likeness (QED) is 0.878. The first-order chi connectivity index (χ1) is 12.0. The number of carbonyl (C=O) groups is 1. The Morgan fingerprint density at radius 2 is 2.04 bits per heavy atom. The minimum atomic E-state index is -0.851. The van der Waals surface area contributed by atoms with Crippen LogP contribution in [0, 0.1) is 0 Å². The van der Waals surface area contributed by atoms with Gasteiger partial charge in [0.2, 0.25) is 0 Å². The molecule has 0 atom stereocenters. The summed E-state index contributed by atoms with van der Waals surface area (Å²) in [6, 6.07) is 9.58. The second kappa shape index (κ2) is 7.89. The summed E-state index contributed by atoms with van der Waals surface area (Å²) < 4.78 is 5.42. The number of hydrogen-bond donors (Lipinski definition) is 1. The molecule has 134 valence electrons. The van der Waals surface area contributed by atoms with Gasteiger partial charge in [0.05, 0.1) is 5.69 Å². The fourth-order valence-corrected chi connectivity index (χ4v) is 3.26. The number of benzene rings is 1. The van der Waals surface area contributed by atoms with Crippen molar-refractivity contribution in [2.45, 2.75) is 25.3 Å². The molecule has 0 unspecified atom stereocenters. The Kier molecular flexibility index (Phi) is 5.60. The Labute approximate surface area is 152 Å². The summed E-state index contributed by atoms with van der Waals surface area (Å²) in [6.07, 6.45) is 1.71. The third kappa shape index (κ3) is 4.52. The lowest BCUT2D eigenvalue weighted by Crippen LogP contribution is -2.45. The zero-order valence-electron chi connectivity index (χ0n) is 14.2. The highest BCUT2D eigenvalue weighted by atomic mass is 35.5. The van der Waals surface area contributed by atoms with Crippen molar-refractivity contribution in [3.63, 3.8) is 0 Å². The highest BCUT2D eigenvalue weighted by Gasteiger charge is 2.24. The molecule has 7 heteroatoms. The lowest BCUT2D eigenvalue weighted by Gasteiger charge is -2.35. The summed E-state index contributed by atoms with van der Waals surface area (Å²) in [4.78, 5) is 14.8. The molecule has 25 heavy (non-hydrogen) atoms. The highest BCUT2D eigenvalue weighted by molar-refractivity contribution is 6.30. The van der Waals surface area contributed by atoms with Gasteiger partial charge in [-0.3, -0.25) is 0 Å². The van der Waals surface area contributed by atoms with Crippen molar-refractivity contribution in [3.8, 4) is 11.3 Å². The Morgan fingerprint density at radius 1 is 1.36 bits per heavy atom. The van der Waals surface area contributed by atoms with Crippen molar-refractivity contribution in [1.29, 1.82) is 0 Å². The van der Waals surface area contributed by atoms with Crippen LogP contribution < -0.4 is 0 Å². The number of likely N-dealkylation sites (tertiary alicyclic amines) is 1. The van der Waals surface area contributed by atoms with E-state index in [1.54, 1.807) is 7.05 Å². The number of hydrogen-bond acceptors (Lipinski definition) is 4. The van der Waals surface area contributed by atoms with Gasteiger partial charge in [0.25, 0.3) is 0 Å². The monoisotopic (exact) mass is 363 g/mol. The molecule has 1 saturated heterocycles. The molecule has 1 aromatic heterocycles. The van der Waals surface area contributed by atoms with E-state index in [0.29, 0.717) is 5.02 Å². The van der Waals surface area contributed by atoms with Gasteiger partial charge in [-0.05, 0) is 37.1 Å². The molecule has 0 spiro atoms. The number of carboxylic acid groups (broad SMARTS) is 1. The van der Waals surface area contributed by atoms with Crippen LogP contribution in [0.25, 0.3) is 11.3 Å². The van der Waals surface area contributed by atoms with E-state index in [1.165, 1.54) is 4.90 Å². The average Bonchev–Trinajstić information content (AvgIpc) is 3.09. The van der Waals surface area contributed by atoms with E-state index in [1.807, 2.05) is 30.3 Å². The van der Waals surface area contributed by atoms with Crippen LogP contribution in [0.4, 0.5) is 4.79 Å². The van der Waals surface area contributed by atoms with Gasteiger partial charge in [0, 0.05) is 55.8 Å². The fraction of sp³-hybridized carbons (Fsp3) is 0.444. The van der Waals surface area contributed by atoms with Gasteiger partial charge in [-0.1, -0.05) is 16.8 Å². The van der Waals surface area contributed by atoms with E-state index in [9.17, 15) is 4.79 Å². The maximum atomic E-state index is 11.0. The SMILES string of the molecule is CN(C(=O)O)C1CCN(CCc2cc(-c3ccc(Cl)cc3)on2)CC1. The zero-order chi connectivity index (χ0) is 17.8. The summed E-state index contributed by atoms with van der Waals surface area (Å²) in [6.45, 7) is 2.71. The third-order valence-electron chi connectivity index (χ3n) is 4.78. The van der Waals surface area contributed by atoms with E-state index in [4.69, 9.17) is 21.2 Å². The number of halogens is 1. The standard InChI is InChI=1S/C18H22ClN3O3/c1-21(18(23)24)16-7-10-22(11-8-16)9-6-15-12-17(25-20-15)13-2-4-14(19)5-3-13/h2-5,12,16H,6-11H2,1H3,(H,23,24). The summed E-state index contributed by atoms with van der Waals surface area (Å²) in [7, 11) is 1.65. The van der Waals surface area contributed by atoms with E-state index in [2.05, 4.69) is 10.1 Å². The predicted octanol–water partition coefficient (Wildman–Crippen LogP) is 3.61. The second-order valence-electron chi connectivity index (χ2n) is 6.41. The maximum Gasteiger partial charge on any atom is 0.407 e. The van der Waals surface area contributed by atoms with Crippen LogP contribution in [-0.4, -0.2) is 58.9 Å². The van der Waals surface area contributed by atoms with Crippen molar-refractivity contribution in [2.24, 2.45) is 0 Å². The van der Waals surface area contributed by atoms with Gasteiger partial charge in [-0.2, -0.15) is 0 Å². The topological polar surface area (TPSA) is 69.8 Å². The lowest BCUT2D eigenvalue weighted by molar-refractivity contribution is 0.105. The van der Waals surface area contributed by atoms with Crippen LogP contribution >= 0.6 is 11.6 Å². The van der Waals surface area contributed by atoms with Crippen molar-refractivity contribution in [3.05, 3.63) is 41.0 Å². The van der Waals surface area contributed by atoms with Crippen LogP contribution in [0.5, 0.6) is 0 Å². The van der Waals surface area contributed by atoms with Gasteiger partial charge in [-0.25, -0.2) is 4.79 Å². The van der Waals surface area contributed by atoms with Crippen molar-refractivity contribution < 1.29 is 14.4 Å². The van der Waals surface area contributed by atoms with E-state index >= 15 is 0 Å². The van der Waals surface area contributed by atoms with Gasteiger partial charge >= 0.3 is 6.09 Å². The van der Waals surface area contributed by atoms with E-state index < -0.39 is 6.09 Å². The van der Waals surface area contributed by atoms with Crippen LogP contribution in [0.15, 0.2) is 34.9 Å². The molecule has 3 rings (SSSR count). The summed E-state index contributed by atoms with van der Waals surface area (Å²) in [5, 5.41) is 13.9. The molecule has 1 aromatic carbocycles. The average molecular weight is 364 g/mol. The van der Waals surface area contributed by atoms with Gasteiger partial charge in [0.1, 0.15) is 0 Å². The molecule has 1 amide bonds. The van der Waals surface area contributed by atoms with Crippen molar-refractivity contribution in [2.75, 3.05) is 26.7 Å². The van der Waals surface area contributed by atoms with Gasteiger partial charge in [0.15, 0.2) is 5.76 Å². The van der Waals surface area contributed by atoms with Crippen LogP contribution in [0.3, 0.4) is 0 Å². The minimum Gasteiger partial charge on any atom is -0.465 e. The van der Waals surface area contributed by atoms with Crippen LogP contribution in [0.2, 0.25) is 5.02 Å². The smallest absolute Gasteiger partial charge is 0.407 e. The predicted molar refractivity (Wildman–Crippen MR) is 95.9 cm³/mol. The molecular weight excluding hydrogens is 342 g/mol. The van der Waals surface area contributed by atoms with Crippen molar-refractivity contribution in [1.82, 2.24) is 15.0 Å². The molecular formula is C18H22ClN3O3. The molecule has 2 heterocycles. The maximum absolute atomic E-state index is 11.0. The van der Waals surface area contributed by atoms with Crippen molar-refractivity contribution >= 4 is 17.7 Å². The molecule has 1 fully saturated rings. The Balaban J connectivity index is 1.49. The first kappa shape index (κ1) is 17.8. The highest BCUT2D eigenvalue weighted by Crippen LogP contribution is 2.23. The van der Waals surface area contributed by atoms with E-state index in [0.717, 1.165) is 55.9 Å². The molecule has 2 aromatic rings. The summed E-state index contributed by atoms with van der Waals surface area (Å²) >= 11 is 5.90. The first-order valence-corrected chi connectivity index (χ1v) is 8.80. The number of aromatic nitrogens is 1. The zero-order valence-corrected chi connectivity index (χ0v) is 14.9. The Bertz CT molecular complexity index is 709. The Hall–Kier alpha value is -2.05.